The van der Waals surface area contributed by atoms with Gasteiger partial charge in [0.05, 0.1) is 17.5 Å². The van der Waals surface area contributed by atoms with Crippen molar-refractivity contribution in [3.05, 3.63) is 41.2 Å². The summed E-state index contributed by atoms with van der Waals surface area (Å²) in [6, 6.07) is 6.51. The van der Waals surface area contributed by atoms with E-state index in [9.17, 15) is 9.59 Å². The van der Waals surface area contributed by atoms with E-state index in [0.29, 0.717) is 30.2 Å². The Hall–Kier alpha value is -2.87. The van der Waals surface area contributed by atoms with Crippen LogP contribution in [0.2, 0.25) is 0 Å². The van der Waals surface area contributed by atoms with Gasteiger partial charge in [-0.25, -0.2) is 0 Å². The van der Waals surface area contributed by atoms with Crippen LogP contribution >= 0.6 is 0 Å². The molecule has 1 aromatic heterocycles. The number of aromatic nitrogens is 2. The van der Waals surface area contributed by atoms with Gasteiger partial charge < -0.3 is 19.7 Å². The Morgan fingerprint density at radius 2 is 2.19 bits per heavy atom. The molecule has 8 nitrogen and oxygen atoms in total. The number of benzene rings is 1. The van der Waals surface area contributed by atoms with E-state index in [2.05, 4.69) is 15.5 Å². The molecule has 0 spiro atoms. The van der Waals surface area contributed by atoms with Crippen LogP contribution in [-0.4, -0.2) is 48.3 Å². The summed E-state index contributed by atoms with van der Waals surface area (Å²) in [7, 11) is 1.68. The first-order valence-electron chi connectivity index (χ1n) is 9.05. The molecule has 0 saturated heterocycles. The van der Waals surface area contributed by atoms with Crippen LogP contribution in [0.3, 0.4) is 0 Å². The molecule has 0 bridgehead atoms. The van der Waals surface area contributed by atoms with E-state index >= 15 is 0 Å². The number of ether oxygens (including phenoxy) is 2. The van der Waals surface area contributed by atoms with Crippen molar-refractivity contribution in [2.45, 2.75) is 31.9 Å². The standard InChI is InChI=1S/C19H22N4O4/c1-11-16-12(6-5-9-26-11)17(22-21-16)18(24)20-13-10-27-15-8-4-3-7-14(15)23(2)19(13)25/h3-4,7-8,11,13H,5-6,9-10H2,1-2H3,(H,20,24)(H,21,22)/t11?,13-/m0/s1. The molecule has 2 N–H and O–H groups in total. The Morgan fingerprint density at radius 1 is 1.37 bits per heavy atom. The third-order valence-electron chi connectivity index (χ3n) is 5.03. The number of hydrogen-bond acceptors (Lipinski definition) is 5. The first-order valence-corrected chi connectivity index (χ1v) is 9.05. The number of anilines is 1. The summed E-state index contributed by atoms with van der Waals surface area (Å²) in [5.41, 5.74) is 2.68. The molecule has 4 rings (SSSR count). The van der Waals surface area contributed by atoms with Crippen molar-refractivity contribution < 1.29 is 19.1 Å². The second-order valence-corrected chi connectivity index (χ2v) is 6.78. The van der Waals surface area contributed by atoms with E-state index in [1.54, 1.807) is 13.1 Å². The average Bonchev–Trinajstić information content (AvgIpc) is 2.97. The predicted octanol–water partition coefficient (Wildman–Crippen LogP) is 1.59. The smallest absolute Gasteiger partial charge is 0.272 e. The monoisotopic (exact) mass is 370 g/mol. The summed E-state index contributed by atoms with van der Waals surface area (Å²) in [4.78, 5) is 27.1. The number of fused-ring (bicyclic) bond motifs is 2. The second kappa shape index (κ2) is 7.03. The lowest BCUT2D eigenvalue weighted by atomic mass is 10.0. The number of carbonyl (C=O) groups excluding carboxylic acids is 2. The molecule has 0 radical (unpaired) electrons. The Kier molecular flexibility index (Phi) is 4.57. The fourth-order valence-electron chi connectivity index (χ4n) is 3.53. The minimum Gasteiger partial charge on any atom is -0.489 e. The van der Waals surface area contributed by atoms with Crippen molar-refractivity contribution >= 4 is 17.5 Å². The van der Waals surface area contributed by atoms with Crippen LogP contribution < -0.4 is 15.0 Å². The molecule has 0 fully saturated rings. The number of hydrogen-bond donors (Lipinski definition) is 2. The van der Waals surface area contributed by atoms with Crippen LogP contribution in [0.4, 0.5) is 5.69 Å². The van der Waals surface area contributed by atoms with E-state index in [4.69, 9.17) is 9.47 Å². The van der Waals surface area contributed by atoms with Gasteiger partial charge in [0.2, 0.25) is 0 Å². The highest BCUT2D eigenvalue weighted by Crippen LogP contribution is 2.30. The molecule has 142 valence electrons. The number of H-pyrrole nitrogens is 1. The van der Waals surface area contributed by atoms with Gasteiger partial charge >= 0.3 is 0 Å². The molecule has 0 aliphatic carbocycles. The largest absolute Gasteiger partial charge is 0.489 e. The van der Waals surface area contributed by atoms with Crippen molar-refractivity contribution in [3.8, 4) is 5.75 Å². The Morgan fingerprint density at radius 3 is 3.04 bits per heavy atom. The zero-order valence-corrected chi connectivity index (χ0v) is 15.3. The van der Waals surface area contributed by atoms with Gasteiger partial charge in [-0.15, -0.1) is 0 Å². The maximum absolute atomic E-state index is 12.8. The van der Waals surface area contributed by atoms with Crippen molar-refractivity contribution in [2.24, 2.45) is 0 Å². The van der Waals surface area contributed by atoms with Gasteiger partial charge in [0.25, 0.3) is 11.8 Å². The van der Waals surface area contributed by atoms with Gasteiger partial charge in [0.15, 0.2) is 5.69 Å². The number of nitrogens with zero attached hydrogens (tertiary/aromatic N) is 2. The van der Waals surface area contributed by atoms with Crippen LogP contribution in [0.25, 0.3) is 0 Å². The molecule has 27 heavy (non-hydrogen) atoms. The third-order valence-corrected chi connectivity index (χ3v) is 5.03. The van der Waals surface area contributed by atoms with Crippen LogP contribution in [-0.2, 0) is 16.0 Å². The summed E-state index contributed by atoms with van der Waals surface area (Å²) in [6.07, 6.45) is 1.39. The second-order valence-electron chi connectivity index (χ2n) is 6.78. The van der Waals surface area contributed by atoms with E-state index in [1.165, 1.54) is 4.90 Å². The lowest BCUT2D eigenvalue weighted by Gasteiger charge is -2.20. The summed E-state index contributed by atoms with van der Waals surface area (Å²) in [5, 5.41) is 9.88. The lowest BCUT2D eigenvalue weighted by molar-refractivity contribution is -0.120. The van der Waals surface area contributed by atoms with Crippen molar-refractivity contribution in [1.82, 2.24) is 15.5 Å². The summed E-state index contributed by atoms with van der Waals surface area (Å²) < 4.78 is 11.4. The first kappa shape index (κ1) is 17.5. The van der Waals surface area contributed by atoms with Crippen molar-refractivity contribution in [2.75, 3.05) is 25.2 Å². The van der Waals surface area contributed by atoms with Gasteiger partial charge in [-0.3, -0.25) is 14.7 Å². The quantitative estimate of drug-likeness (QED) is 0.837. The predicted molar refractivity (Wildman–Crippen MR) is 97.9 cm³/mol. The number of amides is 2. The number of carbonyl (C=O) groups is 2. The molecule has 1 aromatic carbocycles. The molecule has 1 unspecified atom stereocenters. The van der Waals surface area contributed by atoms with Crippen LogP contribution in [0.5, 0.6) is 5.75 Å². The van der Waals surface area contributed by atoms with E-state index in [0.717, 1.165) is 17.7 Å². The number of likely N-dealkylation sites (N-methyl/N-ethyl adjacent to an activating group) is 1. The van der Waals surface area contributed by atoms with E-state index in [1.807, 2.05) is 25.1 Å². The fraction of sp³-hybridized carbons (Fsp3) is 0.421. The topological polar surface area (TPSA) is 96.6 Å². The molecule has 2 aromatic rings. The Balaban J connectivity index is 1.55. The van der Waals surface area contributed by atoms with Gasteiger partial charge in [-0.2, -0.15) is 5.10 Å². The number of para-hydroxylation sites is 2. The summed E-state index contributed by atoms with van der Waals surface area (Å²) in [5.74, 6) is -0.000702. The number of rotatable bonds is 2. The highest BCUT2D eigenvalue weighted by Gasteiger charge is 2.32. The van der Waals surface area contributed by atoms with Gasteiger partial charge in [-0.1, -0.05) is 12.1 Å². The van der Waals surface area contributed by atoms with Crippen LogP contribution in [0, 0.1) is 0 Å². The zero-order chi connectivity index (χ0) is 19.0. The van der Waals surface area contributed by atoms with Crippen LogP contribution in [0.15, 0.2) is 24.3 Å². The highest BCUT2D eigenvalue weighted by molar-refractivity contribution is 6.03. The maximum Gasteiger partial charge on any atom is 0.272 e. The zero-order valence-electron chi connectivity index (χ0n) is 15.3. The Labute approximate surface area is 156 Å². The van der Waals surface area contributed by atoms with Crippen molar-refractivity contribution in [3.63, 3.8) is 0 Å². The molecule has 0 saturated carbocycles. The molecular formula is C19H22N4O4. The summed E-state index contributed by atoms with van der Waals surface area (Å²) >= 11 is 0. The molecular weight excluding hydrogens is 348 g/mol. The average molecular weight is 370 g/mol. The first-order chi connectivity index (χ1) is 13.1. The molecule has 2 atom stereocenters. The third kappa shape index (κ3) is 3.16. The maximum atomic E-state index is 12.8. The fourth-order valence-corrected chi connectivity index (χ4v) is 3.53. The van der Waals surface area contributed by atoms with Gasteiger partial charge in [-0.05, 0) is 31.9 Å². The lowest BCUT2D eigenvalue weighted by Crippen LogP contribution is -2.49. The highest BCUT2D eigenvalue weighted by atomic mass is 16.5. The minimum absolute atomic E-state index is 0.0675. The van der Waals surface area contributed by atoms with Gasteiger partial charge in [0.1, 0.15) is 18.4 Å². The number of aromatic amines is 1. The summed E-state index contributed by atoms with van der Waals surface area (Å²) in [6.45, 7) is 2.64. The van der Waals surface area contributed by atoms with Crippen LogP contribution in [0.1, 0.15) is 41.2 Å². The normalized spacial score (nSPS) is 22.1. The van der Waals surface area contributed by atoms with Gasteiger partial charge in [0, 0.05) is 19.2 Å². The SMILES string of the molecule is CC1OCCCc2c(C(=O)N[C@H]3COc4ccccc4N(C)C3=O)n[nH]c21. The minimum atomic E-state index is -0.790. The molecule has 2 amide bonds. The molecule has 3 heterocycles. The number of nitrogens with one attached hydrogen (secondary N) is 2. The van der Waals surface area contributed by atoms with Crippen molar-refractivity contribution in [1.29, 1.82) is 0 Å². The van der Waals surface area contributed by atoms with E-state index < -0.39 is 6.04 Å². The molecule has 2 aliphatic rings. The molecule has 8 heteroatoms. The Bertz CT molecular complexity index is 878. The molecule has 2 aliphatic heterocycles. The van der Waals surface area contributed by atoms with E-state index in [-0.39, 0.29) is 24.5 Å².